The molecule has 1 heterocycles. The van der Waals surface area contributed by atoms with E-state index in [9.17, 15) is 0 Å². The number of aromatic amines is 1. The molecule has 0 spiro atoms. The number of aromatic nitrogens is 1. The molecule has 0 aliphatic heterocycles. The number of halogens is 1. The Hall–Kier alpha value is -0.430. The van der Waals surface area contributed by atoms with Crippen LogP contribution in [0.25, 0.3) is 0 Å². The third kappa shape index (κ3) is 1.04. The van der Waals surface area contributed by atoms with Crippen LogP contribution in [0.5, 0.6) is 0 Å². The summed E-state index contributed by atoms with van der Waals surface area (Å²) < 4.78 is 0. The van der Waals surface area contributed by atoms with Gasteiger partial charge >= 0.3 is 0 Å². The van der Waals surface area contributed by atoms with Gasteiger partial charge in [-0.2, -0.15) is 0 Å². The summed E-state index contributed by atoms with van der Waals surface area (Å²) in [4.78, 5) is 3.02. The maximum absolute atomic E-state index is 5.61. The molecule has 1 aromatic rings. The molecule has 1 aromatic heterocycles. The van der Waals surface area contributed by atoms with Gasteiger partial charge in [0.2, 0.25) is 0 Å². The zero-order chi connectivity index (χ0) is 5.98. The zero-order valence-electron chi connectivity index (χ0n) is 4.74. The predicted molar refractivity (Wildman–Crippen MR) is 35.2 cm³/mol. The number of hydrogen-bond acceptors (Lipinski definition) is 0. The van der Waals surface area contributed by atoms with Crippen molar-refractivity contribution in [1.82, 2.24) is 4.98 Å². The Morgan fingerprint density at radius 3 is 2.75 bits per heavy atom. The van der Waals surface area contributed by atoms with Crippen molar-refractivity contribution in [2.24, 2.45) is 0 Å². The molecular weight excluding hydrogens is 122 g/mol. The fourth-order valence-corrected chi connectivity index (χ4v) is 0.802. The van der Waals surface area contributed by atoms with Crippen LogP contribution in [0.4, 0.5) is 0 Å². The average Bonchev–Trinajstić information content (AvgIpc) is 2.14. The normalized spacial score (nSPS) is 9.75. The van der Waals surface area contributed by atoms with Gasteiger partial charge in [-0.05, 0) is 12.5 Å². The number of nitrogens with one attached hydrogen (secondary N) is 1. The third-order valence-corrected chi connectivity index (χ3v) is 1.31. The van der Waals surface area contributed by atoms with Gasteiger partial charge in [0, 0.05) is 11.9 Å². The number of aryl methyl sites for hydroxylation is 1. The van der Waals surface area contributed by atoms with Crippen LogP contribution in [-0.4, -0.2) is 4.98 Å². The highest BCUT2D eigenvalue weighted by atomic mass is 35.5. The van der Waals surface area contributed by atoms with Gasteiger partial charge in [0.25, 0.3) is 0 Å². The second-order valence-electron chi connectivity index (χ2n) is 1.70. The molecule has 0 aromatic carbocycles. The Labute approximate surface area is 53.7 Å². The van der Waals surface area contributed by atoms with Gasteiger partial charge in [-0.25, -0.2) is 0 Å². The van der Waals surface area contributed by atoms with Gasteiger partial charge in [-0.3, -0.25) is 0 Å². The minimum absolute atomic E-state index is 0.793. The lowest BCUT2D eigenvalue weighted by Gasteiger charge is -1.81. The minimum Gasteiger partial charge on any atom is -0.364 e. The van der Waals surface area contributed by atoms with Crippen LogP contribution < -0.4 is 0 Å². The van der Waals surface area contributed by atoms with Crippen LogP contribution >= 0.6 is 11.6 Å². The molecule has 0 amide bonds. The van der Waals surface area contributed by atoms with E-state index in [1.54, 1.807) is 6.20 Å². The van der Waals surface area contributed by atoms with Crippen molar-refractivity contribution < 1.29 is 0 Å². The first-order chi connectivity index (χ1) is 3.83. The second-order valence-corrected chi connectivity index (χ2v) is 2.13. The molecule has 1 rings (SSSR count). The summed E-state index contributed by atoms with van der Waals surface area (Å²) in [6, 6.07) is 1.93. The molecule has 0 bridgehead atoms. The van der Waals surface area contributed by atoms with Crippen LogP contribution in [0.1, 0.15) is 12.6 Å². The van der Waals surface area contributed by atoms with E-state index in [0.29, 0.717) is 0 Å². The first-order valence-electron chi connectivity index (χ1n) is 2.65. The summed E-state index contributed by atoms with van der Waals surface area (Å²) in [5.41, 5.74) is 1.19. The lowest BCUT2D eigenvalue weighted by Crippen LogP contribution is -1.73. The monoisotopic (exact) mass is 129 g/mol. The molecule has 2 heteroatoms. The quantitative estimate of drug-likeness (QED) is 0.599. The van der Waals surface area contributed by atoms with Crippen molar-refractivity contribution in [1.29, 1.82) is 0 Å². The maximum Gasteiger partial charge on any atom is 0.0583 e. The SMILES string of the molecule is CCc1cc(Cl)c[nH]1. The van der Waals surface area contributed by atoms with Gasteiger partial charge < -0.3 is 4.98 Å². The Morgan fingerprint density at radius 1 is 1.75 bits per heavy atom. The molecule has 0 unspecified atom stereocenters. The fraction of sp³-hybridized carbons (Fsp3) is 0.333. The van der Waals surface area contributed by atoms with E-state index >= 15 is 0 Å². The van der Waals surface area contributed by atoms with Crippen molar-refractivity contribution in [3.63, 3.8) is 0 Å². The smallest absolute Gasteiger partial charge is 0.0583 e. The molecule has 1 nitrogen and oxygen atoms in total. The van der Waals surface area contributed by atoms with E-state index in [-0.39, 0.29) is 0 Å². The molecule has 0 saturated heterocycles. The number of H-pyrrole nitrogens is 1. The minimum atomic E-state index is 0.793. The summed E-state index contributed by atoms with van der Waals surface area (Å²) >= 11 is 5.61. The number of rotatable bonds is 1. The van der Waals surface area contributed by atoms with Crippen LogP contribution in [0.2, 0.25) is 5.02 Å². The molecule has 1 N–H and O–H groups in total. The zero-order valence-corrected chi connectivity index (χ0v) is 5.50. The van der Waals surface area contributed by atoms with Crippen LogP contribution in [0.3, 0.4) is 0 Å². The fourth-order valence-electron chi connectivity index (χ4n) is 0.616. The van der Waals surface area contributed by atoms with E-state index in [2.05, 4.69) is 11.9 Å². The van der Waals surface area contributed by atoms with E-state index in [1.807, 2.05) is 6.07 Å². The second kappa shape index (κ2) is 2.23. The van der Waals surface area contributed by atoms with Crippen molar-refractivity contribution in [2.45, 2.75) is 13.3 Å². The Morgan fingerprint density at radius 2 is 2.50 bits per heavy atom. The Balaban J connectivity index is 2.84. The molecule has 44 valence electrons. The highest BCUT2D eigenvalue weighted by Crippen LogP contribution is 2.08. The van der Waals surface area contributed by atoms with E-state index in [1.165, 1.54) is 5.69 Å². The van der Waals surface area contributed by atoms with Gasteiger partial charge in [0.1, 0.15) is 0 Å². The summed E-state index contributed by atoms with van der Waals surface area (Å²) in [6.45, 7) is 2.09. The summed E-state index contributed by atoms with van der Waals surface area (Å²) in [5.74, 6) is 0. The standard InChI is InChI=1S/C6H8ClN/c1-2-6-3-5(7)4-8-6/h3-4,8H,2H2,1H3. The van der Waals surface area contributed by atoms with Gasteiger partial charge in [0.15, 0.2) is 0 Å². The van der Waals surface area contributed by atoms with Crippen molar-refractivity contribution in [2.75, 3.05) is 0 Å². The highest BCUT2D eigenvalue weighted by molar-refractivity contribution is 6.30. The maximum atomic E-state index is 5.61. The highest BCUT2D eigenvalue weighted by Gasteiger charge is 1.89. The average molecular weight is 130 g/mol. The Kier molecular flexibility index (Phi) is 1.59. The molecule has 0 radical (unpaired) electrons. The topological polar surface area (TPSA) is 15.8 Å². The van der Waals surface area contributed by atoms with Crippen molar-refractivity contribution in [3.05, 3.63) is 23.0 Å². The van der Waals surface area contributed by atoms with Crippen LogP contribution in [0.15, 0.2) is 12.3 Å². The van der Waals surface area contributed by atoms with E-state index in [0.717, 1.165) is 11.4 Å². The summed E-state index contributed by atoms with van der Waals surface area (Å²) in [7, 11) is 0. The van der Waals surface area contributed by atoms with E-state index < -0.39 is 0 Å². The van der Waals surface area contributed by atoms with Crippen molar-refractivity contribution >= 4 is 11.6 Å². The molecule has 0 aliphatic carbocycles. The molecule has 0 fully saturated rings. The van der Waals surface area contributed by atoms with E-state index in [4.69, 9.17) is 11.6 Å². The molecular formula is C6H8ClN. The van der Waals surface area contributed by atoms with Gasteiger partial charge in [0.05, 0.1) is 5.02 Å². The summed E-state index contributed by atoms with van der Waals surface area (Å²) in [5, 5.41) is 0.793. The molecule has 0 saturated carbocycles. The third-order valence-electron chi connectivity index (χ3n) is 1.09. The van der Waals surface area contributed by atoms with Crippen LogP contribution in [0, 0.1) is 0 Å². The van der Waals surface area contributed by atoms with Gasteiger partial charge in [-0.15, -0.1) is 0 Å². The first-order valence-corrected chi connectivity index (χ1v) is 3.03. The number of hydrogen-bond donors (Lipinski definition) is 1. The summed E-state index contributed by atoms with van der Waals surface area (Å²) in [6.07, 6.45) is 2.81. The largest absolute Gasteiger partial charge is 0.364 e. The lowest BCUT2D eigenvalue weighted by atomic mass is 10.3. The lowest BCUT2D eigenvalue weighted by molar-refractivity contribution is 1.06. The Bertz CT molecular complexity index is 169. The molecule has 0 aliphatic rings. The van der Waals surface area contributed by atoms with Crippen molar-refractivity contribution in [3.8, 4) is 0 Å². The van der Waals surface area contributed by atoms with Gasteiger partial charge in [-0.1, -0.05) is 18.5 Å². The first kappa shape index (κ1) is 5.70. The van der Waals surface area contributed by atoms with Crippen LogP contribution in [-0.2, 0) is 6.42 Å². The molecule has 0 atom stereocenters. The molecule has 8 heavy (non-hydrogen) atoms. The predicted octanol–water partition coefficient (Wildman–Crippen LogP) is 2.23.